The van der Waals surface area contributed by atoms with Gasteiger partial charge in [-0.05, 0) is 31.2 Å². The molecule has 2 amide bonds. The molecule has 1 aliphatic heterocycles. The fraction of sp³-hybridized carbons (Fsp3) is 0.333. The maximum atomic E-state index is 12.7. The first-order valence-electron chi connectivity index (χ1n) is 5.44. The Morgan fingerprint density at radius 2 is 2.06 bits per heavy atom. The quantitative estimate of drug-likeness (QED) is 0.783. The molecule has 0 bridgehead atoms. The number of halogens is 1. The molecule has 2 rings (SSSR count). The smallest absolute Gasteiger partial charge is 0.254 e. The van der Waals surface area contributed by atoms with Crippen LogP contribution in [0.4, 0.5) is 4.39 Å². The van der Waals surface area contributed by atoms with E-state index in [1.165, 1.54) is 29.2 Å². The van der Waals surface area contributed by atoms with E-state index in [-0.39, 0.29) is 17.6 Å². The Kier molecular flexibility index (Phi) is 3.08. The van der Waals surface area contributed by atoms with Crippen LogP contribution in [0.2, 0.25) is 0 Å². The minimum atomic E-state index is -0.485. The fourth-order valence-electron chi connectivity index (χ4n) is 1.82. The molecule has 0 spiro atoms. The summed E-state index contributed by atoms with van der Waals surface area (Å²) in [5.74, 6) is -0.787. The second kappa shape index (κ2) is 4.53. The molecule has 1 N–H and O–H groups in total. The monoisotopic (exact) mass is 236 g/mol. The normalized spacial score (nSPS) is 20.0. The summed E-state index contributed by atoms with van der Waals surface area (Å²) in [6.45, 7) is 2.61. The lowest BCUT2D eigenvalue weighted by atomic mass is 10.1. The maximum Gasteiger partial charge on any atom is 0.254 e. The predicted octanol–water partition coefficient (Wildman–Crippen LogP) is 0.786. The zero-order valence-electron chi connectivity index (χ0n) is 9.44. The van der Waals surface area contributed by atoms with Crippen molar-refractivity contribution >= 4 is 11.8 Å². The van der Waals surface area contributed by atoms with Gasteiger partial charge < -0.3 is 10.2 Å². The molecular formula is C12H13FN2O2. The number of nitrogens with one attached hydrogen (secondary N) is 1. The van der Waals surface area contributed by atoms with Crippen molar-refractivity contribution < 1.29 is 14.0 Å². The summed E-state index contributed by atoms with van der Waals surface area (Å²) in [6, 6.07) is 4.85. The Balaban J connectivity index is 2.19. The SMILES string of the molecule is C[C@@H]1C(=O)NCCN1C(=O)c1ccc(F)cc1. The zero-order valence-corrected chi connectivity index (χ0v) is 9.44. The molecule has 4 nitrogen and oxygen atoms in total. The Morgan fingerprint density at radius 1 is 1.41 bits per heavy atom. The first kappa shape index (κ1) is 11.6. The molecular weight excluding hydrogens is 223 g/mol. The molecule has 5 heteroatoms. The van der Waals surface area contributed by atoms with Crippen LogP contribution in [-0.4, -0.2) is 35.8 Å². The van der Waals surface area contributed by atoms with Crippen molar-refractivity contribution in [2.75, 3.05) is 13.1 Å². The molecule has 1 aromatic carbocycles. The zero-order chi connectivity index (χ0) is 12.4. The van der Waals surface area contributed by atoms with Gasteiger partial charge in [0.05, 0.1) is 0 Å². The van der Waals surface area contributed by atoms with Gasteiger partial charge in [0.15, 0.2) is 0 Å². The van der Waals surface area contributed by atoms with Crippen molar-refractivity contribution in [1.82, 2.24) is 10.2 Å². The van der Waals surface area contributed by atoms with Crippen LogP contribution in [0.15, 0.2) is 24.3 Å². The molecule has 0 aliphatic carbocycles. The van der Waals surface area contributed by atoms with E-state index in [9.17, 15) is 14.0 Å². The first-order chi connectivity index (χ1) is 8.09. The van der Waals surface area contributed by atoms with Gasteiger partial charge in [-0.15, -0.1) is 0 Å². The standard InChI is InChI=1S/C12H13FN2O2/c1-8-11(16)14-6-7-15(8)12(17)9-2-4-10(13)5-3-9/h2-5,8H,6-7H2,1H3,(H,14,16)/t8-/m1/s1. The van der Waals surface area contributed by atoms with Crippen LogP contribution in [0.5, 0.6) is 0 Å². The third-order valence-electron chi connectivity index (χ3n) is 2.85. The molecule has 0 aromatic heterocycles. The third kappa shape index (κ3) is 2.27. The van der Waals surface area contributed by atoms with Gasteiger partial charge in [0.2, 0.25) is 5.91 Å². The molecule has 90 valence electrons. The van der Waals surface area contributed by atoms with Crippen LogP contribution in [0.25, 0.3) is 0 Å². The third-order valence-corrected chi connectivity index (χ3v) is 2.85. The lowest BCUT2D eigenvalue weighted by Gasteiger charge is -2.32. The number of amides is 2. The van der Waals surface area contributed by atoms with E-state index in [2.05, 4.69) is 5.32 Å². The minimum Gasteiger partial charge on any atom is -0.353 e. The predicted molar refractivity (Wildman–Crippen MR) is 59.9 cm³/mol. The molecule has 1 heterocycles. The number of hydrogen-bond donors (Lipinski definition) is 1. The van der Waals surface area contributed by atoms with Gasteiger partial charge in [-0.1, -0.05) is 0 Å². The topological polar surface area (TPSA) is 49.4 Å². The van der Waals surface area contributed by atoms with E-state index in [0.717, 1.165) is 0 Å². The first-order valence-corrected chi connectivity index (χ1v) is 5.44. The van der Waals surface area contributed by atoms with Gasteiger partial charge in [0, 0.05) is 18.7 Å². The van der Waals surface area contributed by atoms with E-state index < -0.39 is 6.04 Å². The van der Waals surface area contributed by atoms with E-state index in [0.29, 0.717) is 18.7 Å². The number of hydrogen-bond acceptors (Lipinski definition) is 2. The van der Waals surface area contributed by atoms with E-state index in [4.69, 9.17) is 0 Å². The number of carbonyl (C=O) groups excluding carboxylic acids is 2. The van der Waals surface area contributed by atoms with Crippen LogP contribution in [0.3, 0.4) is 0 Å². The minimum absolute atomic E-state index is 0.160. The van der Waals surface area contributed by atoms with Crippen molar-refractivity contribution in [2.24, 2.45) is 0 Å². The Bertz CT molecular complexity index is 444. The van der Waals surface area contributed by atoms with Crippen LogP contribution in [-0.2, 0) is 4.79 Å². The summed E-state index contributed by atoms with van der Waals surface area (Å²) in [4.78, 5) is 25.0. The maximum absolute atomic E-state index is 12.7. The second-order valence-corrected chi connectivity index (χ2v) is 3.97. The van der Waals surface area contributed by atoms with E-state index >= 15 is 0 Å². The Morgan fingerprint density at radius 3 is 2.71 bits per heavy atom. The fourth-order valence-corrected chi connectivity index (χ4v) is 1.82. The van der Waals surface area contributed by atoms with Crippen molar-refractivity contribution in [3.63, 3.8) is 0 Å². The van der Waals surface area contributed by atoms with Crippen LogP contribution >= 0.6 is 0 Å². The average Bonchev–Trinajstić information content (AvgIpc) is 2.33. The number of nitrogens with zero attached hydrogens (tertiary/aromatic N) is 1. The highest BCUT2D eigenvalue weighted by Crippen LogP contribution is 2.11. The van der Waals surface area contributed by atoms with Crippen LogP contribution in [0.1, 0.15) is 17.3 Å². The molecule has 17 heavy (non-hydrogen) atoms. The Hall–Kier alpha value is -1.91. The van der Waals surface area contributed by atoms with Gasteiger partial charge in [-0.25, -0.2) is 4.39 Å². The molecule has 1 aliphatic rings. The summed E-state index contributed by atoms with van der Waals surface area (Å²) < 4.78 is 12.7. The van der Waals surface area contributed by atoms with Crippen molar-refractivity contribution in [3.8, 4) is 0 Å². The summed E-state index contributed by atoms with van der Waals surface area (Å²) in [5, 5.41) is 2.68. The summed E-state index contributed by atoms with van der Waals surface area (Å²) in [5.41, 5.74) is 0.396. The molecule has 1 saturated heterocycles. The van der Waals surface area contributed by atoms with Gasteiger partial charge in [-0.3, -0.25) is 9.59 Å². The van der Waals surface area contributed by atoms with Gasteiger partial charge in [-0.2, -0.15) is 0 Å². The summed E-state index contributed by atoms with van der Waals surface area (Å²) in [6.07, 6.45) is 0. The molecule has 1 aromatic rings. The van der Waals surface area contributed by atoms with Crippen molar-refractivity contribution in [1.29, 1.82) is 0 Å². The van der Waals surface area contributed by atoms with Crippen molar-refractivity contribution in [2.45, 2.75) is 13.0 Å². The van der Waals surface area contributed by atoms with Crippen LogP contribution in [0, 0.1) is 5.82 Å². The van der Waals surface area contributed by atoms with E-state index in [1.807, 2.05) is 0 Å². The second-order valence-electron chi connectivity index (χ2n) is 3.97. The number of piperazine rings is 1. The Labute approximate surface area is 98.4 Å². The van der Waals surface area contributed by atoms with Gasteiger partial charge >= 0.3 is 0 Å². The lowest BCUT2D eigenvalue weighted by Crippen LogP contribution is -2.55. The molecule has 0 radical (unpaired) electrons. The average molecular weight is 236 g/mol. The summed E-state index contributed by atoms with van der Waals surface area (Å²) in [7, 11) is 0. The number of carbonyl (C=O) groups is 2. The van der Waals surface area contributed by atoms with Gasteiger partial charge in [0.1, 0.15) is 11.9 Å². The van der Waals surface area contributed by atoms with Gasteiger partial charge in [0.25, 0.3) is 5.91 Å². The highest BCUT2D eigenvalue weighted by Gasteiger charge is 2.29. The number of rotatable bonds is 1. The molecule has 1 fully saturated rings. The highest BCUT2D eigenvalue weighted by molar-refractivity contribution is 5.98. The van der Waals surface area contributed by atoms with Crippen LogP contribution < -0.4 is 5.32 Å². The molecule has 1 atom stereocenters. The molecule has 0 saturated carbocycles. The summed E-state index contributed by atoms with van der Waals surface area (Å²) >= 11 is 0. The molecule has 0 unspecified atom stereocenters. The lowest BCUT2D eigenvalue weighted by molar-refractivity contribution is -0.127. The van der Waals surface area contributed by atoms with E-state index in [1.54, 1.807) is 6.92 Å². The largest absolute Gasteiger partial charge is 0.353 e. The van der Waals surface area contributed by atoms with Crippen molar-refractivity contribution in [3.05, 3.63) is 35.6 Å². The number of benzene rings is 1. The highest BCUT2D eigenvalue weighted by atomic mass is 19.1.